The number of benzene rings is 2. The van der Waals surface area contributed by atoms with Crippen molar-refractivity contribution < 1.29 is 17.6 Å². The Morgan fingerprint density at radius 2 is 2.07 bits per heavy atom. The number of anilines is 1. The van der Waals surface area contributed by atoms with Gasteiger partial charge in [0.05, 0.1) is 35.9 Å². The van der Waals surface area contributed by atoms with Crippen LogP contribution in [0.15, 0.2) is 51.8 Å². The molecule has 0 unspecified atom stereocenters. The van der Waals surface area contributed by atoms with Crippen LogP contribution in [0.3, 0.4) is 0 Å². The predicted molar refractivity (Wildman–Crippen MR) is 112 cm³/mol. The Balaban J connectivity index is 1.97. The van der Waals surface area contributed by atoms with Crippen LogP contribution in [0.2, 0.25) is 0 Å². The van der Waals surface area contributed by atoms with Crippen molar-refractivity contribution in [2.45, 2.75) is 18.0 Å². The fourth-order valence-corrected chi connectivity index (χ4v) is 4.16. The van der Waals surface area contributed by atoms with E-state index in [0.717, 1.165) is 0 Å². The Hall–Kier alpha value is -2.87. The van der Waals surface area contributed by atoms with Crippen molar-refractivity contribution in [1.82, 2.24) is 9.47 Å². The van der Waals surface area contributed by atoms with Gasteiger partial charge in [-0.3, -0.25) is 14.2 Å². The van der Waals surface area contributed by atoms with Crippen molar-refractivity contribution in [3.63, 3.8) is 0 Å². The van der Waals surface area contributed by atoms with Gasteiger partial charge in [-0.05, 0) is 49.6 Å². The summed E-state index contributed by atoms with van der Waals surface area (Å²) in [7, 11) is -0.541. The van der Waals surface area contributed by atoms with E-state index >= 15 is 0 Å². The van der Waals surface area contributed by atoms with Crippen molar-refractivity contribution >= 4 is 39.0 Å². The van der Waals surface area contributed by atoms with Gasteiger partial charge in [0.1, 0.15) is 5.75 Å². The third kappa shape index (κ3) is 4.59. The summed E-state index contributed by atoms with van der Waals surface area (Å²) in [6.07, 6.45) is 0.377. The predicted octanol–water partition coefficient (Wildman–Crippen LogP) is 3.58. The molecule has 0 aliphatic rings. The highest BCUT2D eigenvalue weighted by molar-refractivity contribution is 7.92. The second-order valence-electron chi connectivity index (χ2n) is 6.36. The Bertz CT molecular complexity index is 1220. The molecule has 0 aliphatic heterocycles. The van der Waals surface area contributed by atoms with E-state index in [2.05, 4.69) is 10.8 Å². The summed E-state index contributed by atoms with van der Waals surface area (Å²) in [5.74, 6) is 0.419. The average Bonchev–Trinajstić information content (AvgIpc) is 3.01. The fourth-order valence-electron chi connectivity index (χ4n) is 2.83. The third-order valence-electron chi connectivity index (χ3n) is 4.29. The lowest BCUT2D eigenvalue weighted by molar-refractivity contribution is 0.271. The van der Waals surface area contributed by atoms with Crippen LogP contribution in [0.1, 0.15) is 6.42 Å². The zero-order valence-corrected chi connectivity index (χ0v) is 17.6. The number of para-hydroxylation sites is 2. The lowest BCUT2D eigenvalue weighted by atomic mass is 10.3. The summed E-state index contributed by atoms with van der Waals surface area (Å²) >= 11 is 5.28. The van der Waals surface area contributed by atoms with E-state index in [1.165, 1.54) is 19.2 Å². The quantitative estimate of drug-likeness (QED) is 0.543. The minimum absolute atomic E-state index is 0.0696. The summed E-state index contributed by atoms with van der Waals surface area (Å²) in [6.45, 7) is 0.926. The van der Waals surface area contributed by atoms with E-state index in [-0.39, 0.29) is 9.73 Å². The number of nitrogens with one attached hydrogen (secondary N) is 1. The van der Waals surface area contributed by atoms with Crippen LogP contribution >= 0.6 is 12.2 Å². The van der Waals surface area contributed by atoms with Gasteiger partial charge in [-0.2, -0.15) is 5.26 Å². The van der Waals surface area contributed by atoms with Gasteiger partial charge in [0.15, 0.2) is 5.58 Å². The summed E-state index contributed by atoms with van der Waals surface area (Å²) in [6, 6.07) is 13.4. The molecular weight excluding hydrogens is 412 g/mol. The van der Waals surface area contributed by atoms with Gasteiger partial charge >= 0.3 is 0 Å². The Morgan fingerprint density at radius 3 is 2.79 bits per heavy atom. The van der Waals surface area contributed by atoms with Gasteiger partial charge in [0.2, 0.25) is 0 Å². The first kappa shape index (κ1) is 20.9. The third-order valence-corrected chi connectivity index (χ3v) is 5.96. The molecule has 0 saturated carbocycles. The van der Waals surface area contributed by atoms with Crippen molar-refractivity contribution in [3.8, 4) is 11.8 Å². The van der Waals surface area contributed by atoms with E-state index in [4.69, 9.17) is 26.6 Å². The summed E-state index contributed by atoms with van der Waals surface area (Å²) in [4.78, 5) is 2.21. The minimum atomic E-state index is -3.86. The summed E-state index contributed by atoms with van der Waals surface area (Å²) in [5, 5.41) is 8.75. The van der Waals surface area contributed by atoms with Crippen LogP contribution < -0.4 is 9.46 Å². The molecule has 0 saturated heterocycles. The lowest BCUT2D eigenvalue weighted by Crippen LogP contribution is -2.23. The highest BCUT2D eigenvalue weighted by Crippen LogP contribution is 2.28. The minimum Gasteiger partial charge on any atom is -0.495 e. The molecule has 29 heavy (non-hydrogen) atoms. The van der Waals surface area contributed by atoms with Crippen LogP contribution in [0.25, 0.3) is 11.1 Å². The first-order valence-electron chi connectivity index (χ1n) is 8.70. The maximum absolute atomic E-state index is 12.9. The number of sulfonamides is 1. The standard InChI is InChI=1S/C19H20N4O4S2/c1-22(11-5-10-20)13-23-16-12-14(8-9-18(16)27-19(23)28)29(24,25)21-15-6-3-4-7-17(15)26-2/h3-4,6-9,12,21H,5,11,13H2,1-2H3. The molecular formula is C19H20N4O4S2. The molecule has 1 aromatic heterocycles. The van der Waals surface area contributed by atoms with Crippen molar-refractivity contribution in [1.29, 1.82) is 5.26 Å². The van der Waals surface area contributed by atoms with Gasteiger partial charge in [-0.25, -0.2) is 8.42 Å². The maximum atomic E-state index is 12.9. The molecule has 3 rings (SSSR count). The maximum Gasteiger partial charge on any atom is 0.270 e. The molecule has 3 aromatic rings. The molecule has 10 heteroatoms. The number of nitrogens with zero attached hydrogens (tertiary/aromatic N) is 3. The van der Waals surface area contributed by atoms with E-state index in [1.54, 1.807) is 34.9 Å². The molecule has 0 amide bonds. The van der Waals surface area contributed by atoms with Crippen molar-refractivity contribution in [2.24, 2.45) is 0 Å². The van der Waals surface area contributed by atoms with Crippen molar-refractivity contribution in [3.05, 3.63) is 47.3 Å². The van der Waals surface area contributed by atoms with Crippen molar-refractivity contribution in [2.75, 3.05) is 25.4 Å². The Kier molecular flexibility index (Phi) is 6.22. The number of aromatic nitrogens is 1. The second kappa shape index (κ2) is 8.65. The molecule has 0 radical (unpaired) electrons. The SMILES string of the molecule is COc1ccccc1NS(=O)(=O)c1ccc2oc(=S)n(CN(C)CCC#N)c2c1. The zero-order valence-electron chi connectivity index (χ0n) is 16.0. The molecule has 0 bridgehead atoms. The molecule has 1 heterocycles. The number of hydrogen-bond donors (Lipinski definition) is 1. The summed E-state index contributed by atoms with van der Waals surface area (Å²) < 4.78 is 40.9. The number of ether oxygens (including phenoxy) is 1. The van der Waals surface area contributed by atoms with Gasteiger partial charge < -0.3 is 9.15 Å². The van der Waals surface area contributed by atoms with Gasteiger partial charge in [-0.15, -0.1) is 0 Å². The highest BCUT2D eigenvalue weighted by Gasteiger charge is 2.19. The number of methoxy groups -OCH3 is 1. The molecule has 0 atom stereocenters. The number of hydrogen-bond acceptors (Lipinski definition) is 7. The van der Waals surface area contributed by atoms with Gasteiger partial charge in [0, 0.05) is 13.0 Å². The normalized spacial score (nSPS) is 11.5. The monoisotopic (exact) mass is 432 g/mol. The largest absolute Gasteiger partial charge is 0.495 e. The number of rotatable bonds is 8. The Morgan fingerprint density at radius 1 is 1.31 bits per heavy atom. The zero-order chi connectivity index (χ0) is 21.0. The number of fused-ring (bicyclic) bond motifs is 1. The van der Waals surface area contributed by atoms with Crippen LogP contribution in [0.5, 0.6) is 5.75 Å². The fraction of sp³-hybridized carbons (Fsp3) is 0.263. The van der Waals surface area contributed by atoms with E-state index in [1.807, 2.05) is 11.9 Å². The molecule has 0 spiro atoms. The van der Waals surface area contributed by atoms with E-state index in [0.29, 0.717) is 42.2 Å². The number of nitriles is 1. The van der Waals surface area contributed by atoms with Crippen LogP contribution in [0.4, 0.5) is 5.69 Å². The van der Waals surface area contributed by atoms with Gasteiger partial charge in [0.25, 0.3) is 14.9 Å². The average molecular weight is 433 g/mol. The first-order chi connectivity index (χ1) is 13.9. The molecule has 8 nitrogen and oxygen atoms in total. The van der Waals surface area contributed by atoms with Gasteiger partial charge in [-0.1, -0.05) is 12.1 Å². The topological polar surface area (TPSA) is 100 Å². The van der Waals surface area contributed by atoms with E-state index in [9.17, 15) is 8.42 Å². The lowest BCUT2D eigenvalue weighted by Gasteiger charge is -2.16. The Labute approximate surface area is 174 Å². The molecule has 0 fully saturated rings. The first-order valence-corrected chi connectivity index (χ1v) is 10.6. The summed E-state index contributed by atoms with van der Waals surface area (Å²) in [5.41, 5.74) is 1.39. The van der Waals surface area contributed by atoms with E-state index < -0.39 is 10.0 Å². The van der Waals surface area contributed by atoms with Crippen LogP contribution in [-0.4, -0.2) is 38.6 Å². The molecule has 2 aromatic carbocycles. The second-order valence-corrected chi connectivity index (χ2v) is 8.39. The van der Waals surface area contributed by atoms with Crippen LogP contribution in [-0.2, 0) is 16.7 Å². The molecule has 152 valence electrons. The molecule has 1 N–H and O–H groups in total. The van der Waals surface area contributed by atoms with Crippen LogP contribution in [0, 0.1) is 16.2 Å². The number of oxazole rings is 1. The highest BCUT2D eigenvalue weighted by atomic mass is 32.2. The smallest absolute Gasteiger partial charge is 0.270 e. The molecule has 0 aliphatic carbocycles.